The molecule has 0 saturated heterocycles. The largest absolute Gasteiger partial charge is 0.459 e. The average molecular weight is 257 g/mol. The monoisotopic (exact) mass is 257 g/mol. The minimum atomic E-state index is -0.482. The second-order valence-corrected chi connectivity index (χ2v) is 4.28. The fraction of sp³-hybridized carbons (Fsp3) is 0.692. The minimum Gasteiger partial charge on any atom is -0.459 e. The van der Waals surface area contributed by atoms with Crippen LogP contribution in [0.3, 0.4) is 0 Å². The van der Waals surface area contributed by atoms with E-state index < -0.39 is 12.1 Å². The van der Waals surface area contributed by atoms with E-state index in [0.717, 1.165) is 12.8 Å². The van der Waals surface area contributed by atoms with Crippen LogP contribution in [0.15, 0.2) is 12.2 Å². The average Bonchev–Trinajstić information content (AvgIpc) is 2.33. The molecular weight excluding hydrogens is 234 g/mol. The number of alkyl carbamates (subject to hydrolysis) is 1. The number of nitrogens with one attached hydrogen (secondary N) is 1. The Morgan fingerprint density at radius 2 is 1.89 bits per heavy atom. The Labute approximate surface area is 109 Å². The second kappa shape index (κ2) is 9.50. The third-order valence-corrected chi connectivity index (χ3v) is 2.50. The van der Waals surface area contributed by atoms with E-state index >= 15 is 0 Å². The van der Waals surface area contributed by atoms with Crippen molar-refractivity contribution in [2.45, 2.75) is 33.6 Å². The highest BCUT2D eigenvalue weighted by Crippen LogP contribution is 2.04. The standard InChI is InChI=1S/C13H23NO4/c1-5-11(4)6-7-14-13(16)18-9-8-17-12(15)10(2)3/h11H,2,5-9H2,1,3-4H3,(H,14,16). The topological polar surface area (TPSA) is 64.6 Å². The molecule has 18 heavy (non-hydrogen) atoms. The van der Waals surface area contributed by atoms with Crippen LogP contribution in [0.1, 0.15) is 33.6 Å². The molecule has 0 radical (unpaired) electrons. The normalized spacial score (nSPS) is 11.5. The van der Waals surface area contributed by atoms with Crippen molar-refractivity contribution in [3.8, 4) is 0 Å². The first-order valence-corrected chi connectivity index (χ1v) is 6.20. The van der Waals surface area contributed by atoms with Gasteiger partial charge < -0.3 is 14.8 Å². The number of esters is 1. The van der Waals surface area contributed by atoms with Crippen LogP contribution in [0, 0.1) is 5.92 Å². The predicted octanol–water partition coefficient (Wildman–Crippen LogP) is 2.27. The molecule has 0 rings (SSSR count). The molecule has 0 aromatic rings. The lowest BCUT2D eigenvalue weighted by atomic mass is 10.1. The zero-order valence-corrected chi connectivity index (χ0v) is 11.5. The van der Waals surface area contributed by atoms with Crippen molar-refractivity contribution in [1.82, 2.24) is 5.32 Å². The summed E-state index contributed by atoms with van der Waals surface area (Å²) in [5.41, 5.74) is 0.327. The van der Waals surface area contributed by atoms with Crippen LogP contribution in [0.2, 0.25) is 0 Å². The number of rotatable bonds is 8. The zero-order chi connectivity index (χ0) is 14.0. The van der Waals surface area contributed by atoms with Gasteiger partial charge in [-0.25, -0.2) is 9.59 Å². The van der Waals surface area contributed by atoms with Crippen molar-refractivity contribution in [1.29, 1.82) is 0 Å². The summed E-state index contributed by atoms with van der Waals surface area (Å²) in [4.78, 5) is 22.2. The molecule has 0 heterocycles. The summed E-state index contributed by atoms with van der Waals surface area (Å²) in [6.07, 6.45) is 1.54. The summed E-state index contributed by atoms with van der Waals surface area (Å²) in [5, 5.41) is 2.64. The molecule has 5 heteroatoms. The molecule has 1 unspecified atom stereocenters. The summed E-state index contributed by atoms with van der Waals surface area (Å²) in [7, 11) is 0. The molecule has 1 atom stereocenters. The number of hydrogen-bond acceptors (Lipinski definition) is 4. The molecule has 0 fully saturated rings. The smallest absolute Gasteiger partial charge is 0.407 e. The highest BCUT2D eigenvalue weighted by Gasteiger charge is 2.05. The minimum absolute atomic E-state index is 0.0461. The second-order valence-electron chi connectivity index (χ2n) is 4.28. The van der Waals surface area contributed by atoms with Crippen LogP contribution in [0.4, 0.5) is 4.79 Å². The number of amides is 1. The third kappa shape index (κ3) is 8.61. The van der Waals surface area contributed by atoms with Crippen molar-refractivity contribution >= 4 is 12.1 Å². The first kappa shape index (κ1) is 16.5. The van der Waals surface area contributed by atoms with Crippen molar-refractivity contribution in [3.63, 3.8) is 0 Å². The number of hydrogen-bond donors (Lipinski definition) is 1. The lowest BCUT2D eigenvalue weighted by molar-refractivity contribution is -0.139. The van der Waals surface area contributed by atoms with E-state index in [1.54, 1.807) is 6.92 Å². The van der Waals surface area contributed by atoms with E-state index in [-0.39, 0.29) is 13.2 Å². The molecule has 0 aromatic carbocycles. The number of carbonyl (C=O) groups is 2. The van der Waals surface area contributed by atoms with Crippen LogP contribution >= 0.6 is 0 Å². The maximum Gasteiger partial charge on any atom is 0.407 e. The predicted molar refractivity (Wildman–Crippen MR) is 69.2 cm³/mol. The van der Waals surface area contributed by atoms with E-state index in [9.17, 15) is 9.59 Å². The van der Waals surface area contributed by atoms with Gasteiger partial charge >= 0.3 is 12.1 Å². The van der Waals surface area contributed by atoms with Gasteiger partial charge in [0.05, 0.1) is 0 Å². The molecule has 5 nitrogen and oxygen atoms in total. The quantitative estimate of drug-likeness (QED) is 0.411. The van der Waals surface area contributed by atoms with Crippen molar-refractivity contribution < 1.29 is 19.1 Å². The van der Waals surface area contributed by atoms with Gasteiger partial charge in [-0.2, -0.15) is 0 Å². The van der Waals surface area contributed by atoms with Gasteiger partial charge in [0.1, 0.15) is 13.2 Å². The maximum absolute atomic E-state index is 11.2. The molecule has 1 N–H and O–H groups in total. The molecule has 0 aromatic heterocycles. The molecule has 0 aliphatic heterocycles. The Bertz CT molecular complexity index is 289. The fourth-order valence-electron chi connectivity index (χ4n) is 1.07. The molecule has 0 spiro atoms. The van der Waals surface area contributed by atoms with Gasteiger partial charge in [0.25, 0.3) is 0 Å². The van der Waals surface area contributed by atoms with Gasteiger partial charge in [-0.15, -0.1) is 0 Å². The first-order chi connectivity index (χ1) is 8.47. The molecule has 1 amide bonds. The molecule has 0 saturated carbocycles. The molecule has 0 aliphatic rings. The molecule has 0 aliphatic carbocycles. The first-order valence-electron chi connectivity index (χ1n) is 6.20. The Hall–Kier alpha value is -1.52. The van der Waals surface area contributed by atoms with Crippen molar-refractivity contribution in [2.24, 2.45) is 5.92 Å². The summed E-state index contributed by atoms with van der Waals surface area (Å²) in [6.45, 7) is 9.93. The van der Waals surface area contributed by atoms with Gasteiger partial charge in [-0.3, -0.25) is 0 Å². The molecule has 104 valence electrons. The highest BCUT2D eigenvalue weighted by atomic mass is 16.6. The SMILES string of the molecule is C=C(C)C(=O)OCCOC(=O)NCCC(C)CC. The lowest BCUT2D eigenvalue weighted by Gasteiger charge is -2.10. The van der Waals surface area contributed by atoms with Crippen LogP contribution in [-0.4, -0.2) is 31.8 Å². The summed E-state index contributed by atoms with van der Waals surface area (Å²) in [6, 6.07) is 0. The third-order valence-electron chi connectivity index (χ3n) is 2.50. The van der Waals surface area contributed by atoms with Crippen molar-refractivity contribution in [3.05, 3.63) is 12.2 Å². The Morgan fingerprint density at radius 3 is 2.44 bits per heavy atom. The maximum atomic E-state index is 11.2. The fourth-order valence-corrected chi connectivity index (χ4v) is 1.07. The van der Waals surface area contributed by atoms with E-state index in [4.69, 9.17) is 9.47 Å². The van der Waals surface area contributed by atoms with Gasteiger partial charge in [0.15, 0.2) is 0 Å². The Balaban J connectivity index is 3.48. The van der Waals surface area contributed by atoms with E-state index in [1.807, 2.05) is 0 Å². The molecule has 0 bridgehead atoms. The Morgan fingerprint density at radius 1 is 1.28 bits per heavy atom. The number of ether oxygens (including phenoxy) is 2. The van der Waals surface area contributed by atoms with E-state index in [0.29, 0.717) is 18.0 Å². The van der Waals surface area contributed by atoms with E-state index in [1.165, 1.54) is 0 Å². The van der Waals surface area contributed by atoms with E-state index in [2.05, 4.69) is 25.7 Å². The van der Waals surface area contributed by atoms with Crippen LogP contribution in [0.5, 0.6) is 0 Å². The lowest BCUT2D eigenvalue weighted by Crippen LogP contribution is -2.27. The van der Waals surface area contributed by atoms with Crippen LogP contribution in [-0.2, 0) is 14.3 Å². The van der Waals surface area contributed by atoms with Crippen LogP contribution in [0.25, 0.3) is 0 Å². The summed E-state index contributed by atoms with van der Waals surface area (Å²) < 4.78 is 9.60. The number of carbonyl (C=O) groups excluding carboxylic acids is 2. The zero-order valence-electron chi connectivity index (χ0n) is 11.5. The summed E-state index contributed by atoms with van der Waals surface area (Å²) in [5.74, 6) is 0.109. The Kier molecular flexibility index (Phi) is 8.70. The van der Waals surface area contributed by atoms with Gasteiger partial charge in [-0.1, -0.05) is 26.8 Å². The molecular formula is C13H23NO4. The van der Waals surface area contributed by atoms with Gasteiger partial charge in [0.2, 0.25) is 0 Å². The van der Waals surface area contributed by atoms with Gasteiger partial charge in [-0.05, 0) is 19.3 Å². The summed E-state index contributed by atoms with van der Waals surface area (Å²) >= 11 is 0. The van der Waals surface area contributed by atoms with Crippen LogP contribution < -0.4 is 5.32 Å². The highest BCUT2D eigenvalue weighted by molar-refractivity contribution is 5.86. The van der Waals surface area contributed by atoms with Gasteiger partial charge in [0, 0.05) is 12.1 Å². The van der Waals surface area contributed by atoms with Crippen molar-refractivity contribution in [2.75, 3.05) is 19.8 Å².